The van der Waals surface area contributed by atoms with E-state index in [4.69, 9.17) is 33.2 Å². The molecule has 0 aromatic heterocycles. The fourth-order valence-corrected chi connectivity index (χ4v) is 7.80. The van der Waals surface area contributed by atoms with Gasteiger partial charge in [0.15, 0.2) is 18.0 Å². The number of methoxy groups -OCH3 is 1. The third kappa shape index (κ3) is 11.9. The zero-order valence-electron chi connectivity index (χ0n) is 34.7. The van der Waals surface area contributed by atoms with Crippen LogP contribution in [0.2, 0.25) is 0 Å². The zero-order valence-corrected chi connectivity index (χ0v) is 34.7. The maximum Gasteiger partial charge on any atom is 0.338 e. The lowest BCUT2D eigenvalue weighted by Gasteiger charge is -2.46. The van der Waals surface area contributed by atoms with Gasteiger partial charge in [-0.15, -0.1) is 0 Å². The molecule has 1 heterocycles. The van der Waals surface area contributed by atoms with Crippen molar-refractivity contribution in [2.75, 3.05) is 26.9 Å². The first kappa shape index (κ1) is 44.5. The minimum absolute atomic E-state index is 0.0476. The lowest BCUT2D eigenvalue weighted by molar-refractivity contribution is -0.245. The highest BCUT2D eigenvalue weighted by atomic mass is 16.6. The van der Waals surface area contributed by atoms with Crippen molar-refractivity contribution in [3.8, 4) is 0 Å². The Bertz CT molecular complexity index is 2260. The Morgan fingerprint density at radius 1 is 0.587 bits per heavy atom. The largest absolute Gasteiger partial charge is 0.467 e. The molecule has 2 fully saturated rings. The van der Waals surface area contributed by atoms with Gasteiger partial charge in [0.1, 0.15) is 18.3 Å². The molecule has 0 spiro atoms. The van der Waals surface area contributed by atoms with Gasteiger partial charge in [-0.05, 0) is 60.7 Å². The number of Topliss-reactive ketones (excluding diaryl/α,β-unsaturated/α-hetero) is 1. The van der Waals surface area contributed by atoms with Crippen molar-refractivity contribution in [1.82, 2.24) is 5.32 Å². The topological polar surface area (TPSA) is 162 Å². The van der Waals surface area contributed by atoms with Crippen molar-refractivity contribution in [1.29, 1.82) is 0 Å². The molecule has 0 bridgehead atoms. The lowest BCUT2D eigenvalue weighted by atomic mass is 9.81. The Hall–Kier alpha value is -6.51. The Kier molecular flexibility index (Phi) is 15.6. The van der Waals surface area contributed by atoms with E-state index in [0.29, 0.717) is 22.3 Å². The van der Waals surface area contributed by atoms with Crippen LogP contribution in [0.4, 0.5) is 0 Å². The number of hydrogen-bond acceptors (Lipinski definition) is 13. The van der Waals surface area contributed by atoms with Crippen LogP contribution >= 0.6 is 0 Å². The first-order valence-corrected chi connectivity index (χ1v) is 20.8. The van der Waals surface area contributed by atoms with Crippen LogP contribution in [0, 0.1) is 5.92 Å². The Balaban J connectivity index is 1.25. The molecule has 8 unspecified atom stereocenters. The summed E-state index contributed by atoms with van der Waals surface area (Å²) in [4.78, 5) is 67.8. The van der Waals surface area contributed by atoms with Crippen molar-refractivity contribution >= 4 is 29.7 Å². The molecule has 1 saturated heterocycles. The first-order chi connectivity index (χ1) is 30.8. The Labute approximate surface area is 365 Å². The van der Waals surface area contributed by atoms with Crippen LogP contribution in [-0.4, -0.2) is 99.2 Å². The number of hydrogen-bond donors (Lipinski definition) is 1. The number of nitrogens with one attached hydrogen (secondary N) is 1. The molecule has 0 radical (unpaired) electrons. The van der Waals surface area contributed by atoms with Crippen molar-refractivity contribution in [3.05, 3.63) is 179 Å². The summed E-state index contributed by atoms with van der Waals surface area (Å²) in [5, 5.41) is 3.33. The number of ketones is 1. The number of carbonyl (C=O) groups is 5. The van der Waals surface area contributed by atoms with E-state index in [2.05, 4.69) is 5.32 Å². The molecule has 1 aliphatic heterocycles. The Morgan fingerprint density at radius 2 is 1.08 bits per heavy atom. The van der Waals surface area contributed by atoms with E-state index in [1.54, 1.807) is 115 Å². The number of carbonyl (C=O) groups excluding carboxylic acids is 5. The quantitative estimate of drug-likeness (QED) is 0.0617. The molecule has 7 rings (SSSR count). The molecule has 5 aromatic rings. The summed E-state index contributed by atoms with van der Waals surface area (Å²) in [7, 11) is 1.22. The van der Waals surface area contributed by atoms with Crippen molar-refractivity contribution in [2.45, 2.75) is 62.1 Å². The zero-order chi connectivity index (χ0) is 44.0. The molecule has 1 saturated carbocycles. The third-order valence-electron chi connectivity index (χ3n) is 11.0. The summed E-state index contributed by atoms with van der Waals surface area (Å²) in [5.74, 6) is -3.24. The van der Waals surface area contributed by atoms with Gasteiger partial charge in [0.05, 0.1) is 62.3 Å². The highest BCUT2D eigenvalue weighted by Crippen LogP contribution is 2.35. The van der Waals surface area contributed by atoms with Crippen LogP contribution in [0.3, 0.4) is 0 Å². The molecule has 63 heavy (non-hydrogen) atoms. The Morgan fingerprint density at radius 3 is 1.63 bits per heavy atom. The maximum absolute atomic E-state index is 13.8. The van der Waals surface area contributed by atoms with E-state index in [-0.39, 0.29) is 45.0 Å². The van der Waals surface area contributed by atoms with Crippen LogP contribution in [-0.2, 0) is 44.6 Å². The molecule has 1 aliphatic carbocycles. The van der Waals surface area contributed by atoms with Crippen molar-refractivity contribution in [2.24, 2.45) is 5.92 Å². The fraction of sp³-hybridized carbons (Fsp3) is 0.300. The average molecular weight is 856 g/mol. The number of ether oxygens (including phenoxy) is 7. The van der Waals surface area contributed by atoms with Crippen LogP contribution in [0.1, 0.15) is 59.8 Å². The standard InChI is InChI=1S/C50H49NO12/c1-57-50(56)46-45(44(58-30-33-17-7-2-8-18-33)42(32-59-46)63-49(55)38-25-15-6-16-26-38)61-40-27-34(31-60-47(53)36-21-11-4-12-22-36)28-41(62-48(54)37-23-13-5-14-24-37)43(40)51-29-39(52)35-19-9-3-10-20-35/h2-26,34,40-46,51H,27-32H2,1H3. The number of esters is 4. The van der Waals surface area contributed by atoms with E-state index in [1.165, 1.54) is 7.11 Å². The molecule has 13 nitrogen and oxygen atoms in total. The second kappa shape index (κ2) is 22.0. The van der Waals surface area contributed by atoms with Gasteiger partial charge in [0, 0.05) is 5.56 Å². The summed E-state index contributed by atoms with van der Waals surface area (Å²) < 4.78 is 43.1. The smallest absolute Gasteiger partial charge is 0.338 e. The summed E-state index contributed by atoms with van der Waals surface area (Å²) >= 11 is 0. The number of rotatable bonds is 17. The summed E-state index contributed by atoms with van der Waals surface area (Å²) in [6.07, 6.45) is -6.32. The molecule has 2 aliphatic rings. The number of benzene rings is 5. The van der Waals surface area contributed by atoms with Gasteiger partial charge in [-0.3, -0.25) is 4.79 Å². The van der Waals surface area contributed by atoms with E-state index < -0.39 is 72.5 Å². The molecule has 1 N–H and O–H groups in total. The predicted molar refractivity (Wildman–Crippen MR) is 229 cm³/mol. The van der Waals surface area contributed by atoms with Crippen molar-refractivity contribution in [3.63, 3.8) is 0 Å². The summed E-state index contributed by atoms with van der Waals surface area (Å²) in [6.45, 7) is -0.430. The highest BCUT2D eigenvalue weighted by Gasteiger charge is 2.51. The molecule has 8 atom stereocenters. The van der Waals surface area contributed by atoms with Gasteiger partial charge in [0.2, 0.25) is 0 Å². The van der Waals surface area contributed by atoms with Crippen LogP contribution in [0.25, 0.3) is 0 Å². The third-order valence-corrected chi connectivity index (χ3v) is 11.0. The van der Waals surface area contributed by atoms with E-state index in [0.717, 1.165) is 5.56 Å². The van der Waals surface area contributed by atoms with Gasteiger partial charge < -0.3 is 38.5 Å². The van der Waals surface area contributed by atoms with Gasteiger partial charge in [-0.1, -0.05) is 115 Å². The molecular weight excluding hydrogens is 807 g/mol. The fourth-order valence-electron chi connectivity index (χ4n) is 7.80. The molecule has 13 heteroatoms. The SMILES string of the molecule is COC(=O)C1OCC(OC(=O)c2ccccc2)C(OCc2ccccc2)C1OC1CC(COC(=O)c2ccccc2)CC(OC(=O)c2ccccc2)C1NCC(=O)c1ccccc1. The van der Waals surface area contributed by atoms with Gasteiger partial charge in [0.25, 0.3) is 0 Å². The van der Waals surface area contributed by atoms with Gasteiger partial charge in [-0.2, -0.15) is 0 Å². The molecule has 0 amide bonds. The molecule has 5 aromatic carbocycles. The van der Waals surface area contributed by atoms with Crippen LogP contribution < -0.4 is 5.32 Å². The van der Waals surface area contributed by atoms with E-state index in [1.807, 2.05) is 36.4 Å². The maximum atomic E-state index is 13.8. The lowest BCUT2D eigenvalue weighted by Crippen LogP contribution is -2.63. The second-order valence-electron chi connectivity index (χ2n) is 15.3. The normalized spacial score (nSPS) is 23.1. The van der Waals surface area contributed by atoms with Crippen LogP contribution in [0.15, 0.2) is 152 Å². The minimum atomic E-state index is -1.37. The average Bonchev–Trinajstić information content (AvgIpc) is 3.33. The van der Waals surface area contributed by atoms with E-state index >= 15 is 0 Å². The predicted octanol–water partition coefficient (Wildman–Crippen LogP) is 6.46. The molecular formula is C50H49NO12. The van der Waals surface area contributed by atoms with Gasteiger partial charge in [-0.25, -0.2) is 19.2 Å². The minimum Gasteiger partial charge on any atom is -0.467 e. The second-order valence-corrected chi connectivity index (χ2v) is 15.3. The summed E-state index contributed by atoms with van der Waals surface area (Å²) in [5.41, 5.74) is 2.22. The summed E-state index contributed by atoms with van der Waals surface area (Å²) in [6, 6.07) is 42.7. The van der Waals surface area contributed by atoms with Gasteiger partial charge >= 0.3 is 23.9 Å². The highest BCUT2D eigenvalue weighted by molar-refractivity contribution is 5.97. The van der Waals surface area contributed by atoms with E-state index in [9.17, 15) is 24.0 Å². The molecule has 326 valence electrons. The van der Waals surface area contributed by atoms with Crippen molar-refractivity contribution < 1.29 is 57.1 Å². The monoisotopic (exact) mass is 855 g/mol. The first-order valence-electron chi connectivity index (χ1n) is 20.8. The van der Waals surface area contributed by atoms with Crippen LogP contribution in [0.5, 0.6) is 0 Å².